The summed E-state index contributed by atoms with van der Waals surface area (Å²) < 4.78 is 0. The number of pyridine rings is 1. The molecule has 0 spiro atoms. The van der Waals surface area contributed by atoms with E-state index in [1.807, 2.05) is 48.5 Å². The number of imidazole rings is 1. The quantitative estimate of drug-likeness (QED) is 0.532. The van der Waals surface area contributed by atoms with Crippen molar-refractivity contribution in [3.05, 3.63) is 100 Å². The number of carbonyl (C=O) groups excluding carboxylic acids is 1. The van der Waals surface area contributed by atoms with E-state index < -0.39 is 17.5 Å². The lowest BCUT2D eigenvalue weighted by molar-refractivity contribution is 0.0941. The normalized spacial score (nSPS) is 12.0. The molecule has 26 heavy (non-hydrogen) atoms. The van der Waals surface area contributed by atoms with Gasteiger partial charge in [-0.2, -0.15) is 0 Å². The molecule has 0 aliphatic carbocycles. The lowest BCUT2D eigenvalue weighted by Crippen LogP contribution is -2.33. The number of nitrogens with one attached hydrogen (secondary N) is 3. The van der Waals surface area contributed by atoms with Gasteiger partial charge in [0.1, 0.15) is 5.56 Å². The molecular weight excluding hydrogens is 328 g/mol. The highest BCUT2D eigenvalue weighted by molar-refractivity contribution is 5.94. The van der Waals surface area contributed by atoms with Crippen LogP contribution in [0.3, 0.4) is 0 Å². The van der Waals surface area contributed by atoms with Crippen LogP contribution in [0.4, 0.5) is 0 Å². The van der Waals surface area contributed by atoms with Crippen molar-refractivity contribution in [3.63, 3.8) is 0 Å². The molecule has 0 saturated carbocycles. The van der Waals surface area contributed by atoms with Crippen LogP contribution in [0.5, 0.6) is 0 Å². The van der Waals surface area contributed by atoms with E-state index in [1.165, 1.54) is 12.3 Å². The highest BCUT2D eigenvalue weighted by Crippen LogP contribution is 2.24. The van der Waals surface area contributed by atoms with Crippen molar-refractivity contribution in [1.29, 1.82) is 0 Å². The van der Waals surface area contributed by atoms with E-state index in [2.05, 4.69) is 20.3 Å². The second kappa shape index (κ2) is 6.68. The van der Waals surface area contributed by atoms with Gasteiger partial charge in [0.25, 0.3) is 11.5 Å². The van der Waals surface area contributed by atoms with E-state index in [4.69, 9.17) is 0 Å². The third-order valence-corrected chi connectivity index (χ3v) is 4.25. The number of nitrogens with zero attached hydrogens (tertiary/aromatic N) is 1. The first-order valence-corrected chi connectivity index (χ1v) is 8.19. The Labute approximate surface area is 148 Å². The lowest BCUT2D eigenvalue weighted by atomic mass is 9.98. The van der Waals surface area contributed by atoms with Gasteiger partial charge in [-0.3, -0.25) is 9.59 Å². The molecule has 4 rings (SSSR count). The number of hydrogen-bond donors (Lipinski definition) is 3. The van der Waals surface area contributed by atoms with Crippen molar-refractivity contribution < 1.29 is 4.79 Å². The summed E-state index contributed by atoms with van der Waals surface area (Å²) in [5, 5.41) is 2.97. The second-order valence-corrected chi connectivity index (χ2v) is 5.91. The predicted molar refractivity (Wildman–Crippen MR) is 98.9 cm³/mol. The maximum absolute atomic E-state index is 12.7. The topological polar surface area (TPSA) is 90.6 Å². The third kappa shape index (κ3) is 3.00. The minimum absolute atomic E-state index is 0.0797. The number of benzene rings is 2. The zero-order valence-corrected chi connectivity index (χ0v) is 13.8. The molecule has 0 aliphatic heterocycles. The molecule has 6 nitrogen and oxygen atoms in total. The molecule has 0 aliphatic rings. The van der Waals surface area contributed by atoms with Gasteiger partial charge in [-0.1, -0.05) is 36.4 Å². The second-order valence-electron chi connectivity index (χ2n) is 5.91. The molecule has 0 saturated heterocycles. The number of aromatic nitrogens is 3. The van der Waals surface area contributed by atoms with Crippen LogP contribution < -0.4 is 10.9 Å². The summed E-state index contributed by atoms with van der Waals surface area (Å²) in [6.07, 6.45) is 3.13. The van der Waals surface area contributed by atoms with Crippen LogP contribution in [0.2, 0.25) is 0 Å². The van der Waals surface area contributed by atoms with Crippen LogP contribution in [0.1, 0.15) is 27.5 Å². The molecule has 2 aromatic heterocycles. The van der Waals surface area contributed by atoms with Gasteiger partial charge in [-0.25, -0.2) is 4.98 Å². The summed E-state index contributed by atoms with van der Waals surface area (Å²) in [4.78, 5) is 34.4. The Hall–Kier alpha value is -3.67. The molecule has 128 valence electrons. The number of fused-ring (bicyclic) bond motifs is 1. The fourth-order valence-corrected chi connectivity index (χ4v) is 2.95. The number of H-pyrrole nitrogens is 2. The number of amides is 1. The van der Waals surface area contributed by atoms with Gasteiger partial charge < -0.3 is 15.3 Å². The van der Waals surface area contributed by atoms with E-state index in [0.29, 0.717) is 0 Å². The summed E-state index contributed by atoms with van der Waals surface area (Å²) in [6.45, 7) is 0. The first-order chi connectivity index (χ1) is 12.7. The maximum Gasteiger partial charge on any atom is 0.260 e. The van der Waals surface area contributed by atoms with E-state index >= 15 is 0 Å². The van der Waals surface area contributed by atoms with Crippen molar-refractivity contribution in [2.75, 3.05) is 0 Å². The van der Waals surface area contributed by atoms with E-state index in [1.54, 1.807) is 12.4 Å². The number of aromatic amines is 2. The van der Waals surface area contributed by atoms with E-state index in [9.17, 15) is 9.59 Å². The van der Waals surface area contributed by atoms with Crippen molar-refractivity contribution in [2.24, 2.45) is 0 Å². The van der Waals surface area contributed by atoms with Gasteiger partial charge in [-0.15, -0.1) is 0 Å². The highest BCUT2D eigenvalue weighted by Gasteiger charge is 2.19. The number of rotatable bonds is 4. The molecule has 2 heterocycles. The molecule has 0 radical (unpaired) electrons. The Bertz CT molecular complexity index is 1120. The van der Waals surface area contributed by atoms with Crippen molar-refractivity contribution in [1.82, 2.24) is 20.3 Å². The molecule has 0 bridgehead atoms. The minimum atomic E-state index is -0.426. The fraction of sp³-hybridized carbons (Fsp3) is 0.0500. The standard InChI is InChI=1S/C20H16N4O2/c25-19-15(7-4-10-21-19)20(26)24-18(13-5-2-1-3-6-13)14-8-9-16-17(11-14)23-12-22-16/h1-12,18H,(H,21,25)(H,22,23)(H,24,26)/t18-/m1/s1. The van der Waals surface area contributed by atoms with Crippen LogP contribution in [0, 0.1) is 0 Å². The summed E-state index contributed by atoms with van der Waals surface area (Å²) in [7, 11) is 0. The molecule has 1 amide bonds. The zero-order valence-electron chi connectivity index (χ0n) is 13.8. The smallest absolute Gasteiger partial charge is 0.260 e. The largest absolute Gasteiger partial charge is 0.345 e. The van der Waals surface area contributed by atoms with Gasteiger partial charge in [0.2, 0.25) is 0 Å². The molecule has 0 unspecified atom stereocenters. The molecule has 0 fully saturated rings. The molecule has 1 atom stereocenters. The molecule has 2 aromatic carbocycles. The zero-order chi connectivity index (χ0) is 17.9. The van der Waals surface area contributed by atoms with Crippen molar-refractivity contribution in [3.8, 4) is 0 Å². The Morgan fingerprint density at radius 3 is 2.62 bits per heavy atom. The van der Waals surface area contributed by atoms with Gasteiger partial charge >= 0.3 is 0 Å². The Balaban J connectivity index is 1.75. The van der Waals surface area contributed by atoms with Gasteiger partial charge in [0.15, 0.2) is 0 Å². The highest BCUT2D eigenvalue weighted by atomic mass is 16.2. The number of hydrogen-bond acceptors (Lipinski definition) is 3. The van der Waals surface area contributed by atoms with Crippen LogP contribution in [0.25, 0.3) is 11.0 Å². The predicted octanol–water partition coefficient (Wildman–Crippen LogP) is 2.77. The summed E-state index contributed by atoms with van der Waals surface area (Å²) in [5.74, 6) is -0.426. The van der Waals surface area contributed by atoms with Crippen LogP contribution >= 0.6 is 0 Å². The molecular formula is C20H16N4O2. The Kier molecular flexibility index (Phi) is 4.07. The van der Waals surface area contributed by atoms with E-state index in [-0.39, 0.29) is 5.56 Å². The van der Waals surface area contributed by atoms with Crippen LogP contribution in [-0.4, -0.2) is 20.9 Å². The average Bonchev–Trinajstić information content (AvgIpc) is 3.15. The minimum Gasteiger partial charge on any atom is -0.345 e. The maximum atomic E-state index is 12.7. The van der Waals surface area contributed by atoms with Gasteiger partial charge in [0.05, 0.1) is 23.4 Å². The SMILES string of the molecule is O=C(N[C@H](c1ccccc1)c1ccc2nc[nH]c2c1)c1ccc[nH]c1=O. The van der Waals surface area contributed by atoms with Gasteiger partial charge in [-0.05, 0) is 35.4 Å². The average molecular weight is 344 g/mol. The first kappa shape index (κ1) is 15.8. The van der Waals surface area contributed by atoms with Crippen molar-refractivity contribution in [2.45, 2.75) is 6.04 Å². The summed E-state index contributed by atoms with van der Waals surface area (Å²) in [5.41, 5.74) is 3.22. The van der Waals surface area contributed by atoms with E-state index in [0.717, 1.165) is 22.2 Å². The van der Waals surface area contributed by atoms with Crippen molar-refractivity contribution >= 4 is 16.9 Å². The van der Waals surface area contributed by atoms with Gasteiger partial charge in [0, 0.05) is 6.20 Å². The Morgan fingerprint density at radius 2 is 1.81 bits per heavy atom. The van der Waals surface area contributed by atoms with Crippen LogP contribution in [-0.2, 0) is 0 Å². The first-order valence-electron chi connectivity index (χ1n) is 8.19. The third-order valence-electron chi connectivity index (χ3n) is 4.25. The fourth-order valence-electron chi connectivity index (χ4n) is 2.95. The summed E-state index contributed by atoms with van der Waals surface area (Å²) in [6, 6.07) is 18.2. The molecule has 4 aromatic rings. The molecule has 6 heteroatoms. The Morgan fingerprint density at radius 1 is 0.962 bits per heavy atom. The summed E-state index contributed by atoms with van der Waals surface area (Å²) >= 11 is 0. The lowest BCUT2D eigenvalue weighted by Gasteiger charge is -2.20. The number of carbonyl (C=O) groups is 1. The van der Waals surface area contributed by atoms with Crippen LogP contribution in [0.15, 0.2) is 78.0 Å². The monoisotopic (exact) mass is 344 g/mol. The molecule has 3 N–H and O–H groups in total.